The third kappa shape index (κ3) is 4.32. The number of amides is 1. The SMILES string of the molecule is COc1ccccc1C(C)CC(=O)NS(=O)(=O)c1ccccc1. The number of ether oxygens (including phenoxy) is 1. The highest BCUT2D eigenvalue weighted by Crippen LogP contribution is 2.28. The van der Waals surface area contributed by atoms with Crippen LogP contribution in [0.4, 0.5) is 0 Å². The van der Waals surface area contributed by atoms with Gasteiger partial charge in [-0.2, -0.15) is 0 Å². The molecular formula is C17H19NO4S. The van der Waals surface area contributed by atoms with Crippen molar-refractivity contribution in [2.24, 2.45) is 0 Å². The second-order valence-electron chi connectivity index (χ2n) is 5.19. The molecule has 2 aromatic rings. The second-order valence-corrected chi connectivity index (χ2v) is 6.87. The number of hydrogen-bond donors (Lipinski definition) is 1. The van der Waals surface area contributed by atoms with Gasteiger partial charge >= 0.3 is 0 Å². The average Bonchev–Trinajstić information content (AvgIpc) is 2.55. The standard InChI is InChI=1S/C17H19NO4S/c1-13(15-10-6-7-11-16(15)22-2)12-17(19)18-23(20,21)14-8-4-3-5-9-14/h3-11,13H,12H2,1-2H3,(H,18,19). The number of hydrogen-bond acceptors (Lipinski definition) is 4. The van der Waals surface area contributed by atoms with Gasteiger partial charge in [-0.3, -0.25) is 4.79 Å². The van der Waals surface area contributed by atoms with Crippen LogP contribution in [-0.4, -0.2) is 21.4 Å². The summed E-state index contributed by atoms with van der Waals surface area (Å²) in [6.45, 7) is 1.85. The van der Waals surface area contributed by atoms with Crippen LogP contribution in [0.1, 0.15) is 24.8 Å². The quantitative estimate of drug-likeness (QED) is 0.882. The molecule has 2 aromatic carbocycles. The third-order valence-electron chi connectivity index (χ3n) is 3.46. The summed E-state index contributed by atoms with van der Waals surface area (Å²) in [4.78, 5) is 12.2. The van der Waals surface area contributed by atoms with E-state index in [1.807, 2.05) is 31.2 Å². The van der Waals surface area contributed by atoms with Crippen LogP contribution < -0.4 is 9.46 Å². The Balaban J connectivity index is 2.08. The summed E-state index contributed by atoms with van der Waals surface area (Å²) < 4.78 is 31.6. The van der Waals surface area contributed by atoms with Gasteiger partial charge in [0.1, 0.15) is 5.75 Å². The van der Waals surface area contributed by atoms with E-state index in [1.165, 1.54) is 12.1 Å². The van der Waals surface area contributed by atoms with Crippen LogP contribution in [0.3, 0.4) is 0 Å². The zero-order chi connectivity index (χ0) is 16.9. The summed E-state index contributed by atoms with van der Waals surface area (Å²) in [7, 11) is -2.27. The molecule has 0 aliphatic rings. The molecule has 0 spiro atoms. The van der Waals surface area contributed by atoms with Gasteiger partial charge in [0.15, 0.2) is 0 Å². The van der Waals surface area contributed by atoms with Crippen molar-refractivity contribution >= 4 is 15.9 Å². The number of para-hydroxylation sites is 1. The largest absolute Gasteiger partial charge is 0.496 e. The number of rotatable bonds is 6. The van der Waals surface area contributed by atoms with Crippen molar-refractivity contribution in [3.05, 3.63) is 60.2 Å². The Morgan fingerprint density at radius 1 is 1.09 bits per heavy atom. The van der Waals surface area contributed by atoms with Crippen molar-refractivity contribution in [2.45, 2.75) is 24.2 Å². The second kappa shape index (κ2) is 7.28. The van der Waals surface area contributed by atoms with Crippen LogP contribution in [0.5, 0.6) is 5.75 Å². The smallest absolute Gasteiger partial charge is 0.264 e. The Bertz CT molecular complexity index is 772. The molecule has 122 valence electrons. The summed E-state index contributed by atoms with van der Waals surface area (Å²) >= 11 is 0. The molecule has 0 saturated heterocycles. The van der Waals surface area contributed by atoms with Gasteiger partial charge in [-0.05, 0) is 29.7 Å². The molecule has 0 aromatic heterocycles. The maximum Gasteiger partial charge on any atom is 0.264 e. The van der Waals surface area contributed by atoms with E-state index in [1.54, 1.807) is 25.3 Å². The minimum atomic E-state index is -3.83. The molecule has 1 N–H and O–H groups in total. The fourth-order valence-corrected chi connectivity index (χ4v) is 3.33. The predicted molar refractivity (Wildman–Crippen MR) is 87.8 cm³/mol. The van der Waals surface area contributed by atoms with E-state index in [0.29, 0.717) is 5.75 Å². The van der Waals surface area contributed by atoms with E-state index in [0.717, 1.165) is 5.56 Å². The van der Waals surface area contributed by atoms with Gasteiger partial charge in [-0.1, -0.05) is 43.3 Å². The maximum atomic E-state index is 12.1. The number of sulfonamides is 1. The zero-order valence-corrected chi connectivity index (χ0v) is 13.8. The lowest BCUT2D eigenvalue weighted by Gasteiger charge is -2.15. The van der Waals surface area contributed by atoms with Crippen molar-refractivity contribution in [2.75, 3.05) is 7.11 Å². The first kappa shape index (κ1) is 17.0. The van der Waals surface area contributed by atoms with Crippen molar-refractivity contribution in [1.29, 1.82) is 0 Å². The van der Waals surface area contributed by atoms with Crippen molar-refractivity contribution < 1.29 is 17.9 Å². The fourth-order valence-electron chi connectivity index (χ4n) is 2.31. The summed E-state index contributed by atoms with van der Waals surface area (Å²) in [5.74, 6) is -0.0388. The molecule has 6 heteroatoms. The maximum absolute atomic E-state index is 12.1. The minimum absolute atomic E-state index is 0.0481. The number of methoxy groups -OCH3 is 1. The van der Waals surface area contributed by atoms with Gasteiger partial charge < -0.3 is 4.74 Å². The zero-order valence-electron chi connectivity index (χ0n) is 13.0. The first-order valence-corrected chi connectivity index (χ1v) is 8.66. The summed E-state index contributed by atoms with van der Waals surface area (Å²) in [5.41, 5.74) is 0.863. The Kier molecular flexibility index (Phi) is 5.39. The summed E-state index contributed by atoms with van der Waals surface area (Å²) in [5, 5.41) is 0. The number of benzene rings is 2. The molecule has 0 fully saturated rings. The van der Waals surface area contributed by atoms with Crippen molar-refractivity contribution in [1.82, 2.24) is 4.72 Å². The average molecular weight is 333 g/mol. The first-order chi connectivity index (χ1) is 10.9. The monoisotopic (exact) mass is 333 g/mol. The van der Waals surface area contributed by atoms with Crippen LogP contribution >= 0.6 is 0 Å². The molecule has 23 heavy (non-hydrogen) atoms. The third-order valence-corrected chi connectivity index (χ3v) is 4.85. The molecule has 1 atom stereocenters. The minimum Gasteiger partial charge on any atom is -0.496 e. The van der Waals surface area contributed by atoms with E-state index in [-0.39, 0.29) is 17.2 Å². The van der Waals surface area contributed by atoms with Gasteiger partial charge in [0.05, 0.1) is 12.0 Å². The molecule has 0 aliphatic heterocycles. The molecule has 5 nitrogen and oxygen atoms in total. The van der Waals surface area contributed by atoms with E-state index in [4.69, 9.17) is 4.74 Å². The Morgan fingerprint density at radius 2 is 1.70 bits per heavy atom. The first-order valence-electron chi connectivity index (χ1n) is 7.17. The highest BCUT2D eigenvalue weighted by Gasteiger charge is 2.20. The normalized spacial score (nSPS) is 12.4. The Hall–Kier alpha value is -2.34. The topological polar surface area (TPSA) is 72.5 Å². The molecule has 0 bridgehead atoms. The molecular weight excluding hydrogens is 314 g/mol. The number of carbonyl (C=O) groups excluding carboxylic acids is 1. The summed E-state index contributed by atoms with van der Waals surface area (Å²) in [6.07, 6.45) is 0.0481. The number of nitrogens with one attached hydrogen (secondary N) is 1. The van der Waals surface area contributed by atoms with Gasteiger partial charge in [0.25, 0.3) is 10.0 Å². The predicted octanol–water partition coefficient (Wildman–Crippen LogP) is 2.69. The highest BCUT2D eigenvalue weighted by atomic mass is 32.2. The van der Waals surface area contributed by atoms with Gasteiger partial charge in [0, 0.05) is 6.42 Å². The Labute approximate surface area is 136 Å². The lowest BCUT2D eigenvalue weighted by Crippen LogP contribution is -2.31. The molecule has 0 aliphatic carbocycles. The molecule has 2 rings (SSSR count). The van der Waals surface area contributed by atoms with Gasteiger partial charge in [-0.15, -0.1) is 0 Å². The van der Waals surface area contributed by atoms with Crippen LogP contribution in [0, 0.1) is 0 Å². The lowest BCUT2D eigenvalue weighted by atomic mass is 9.97. The highest BCUT2D eigenvalue weighted by molar-refractivity contribution is 7.90. The molecule has 1 unspecified atom stereocenters. The molecule has 0 heterocycles. The van der Waals surface area contributed by atoms with Gasteiger partial charge in [0.2, 0.25) is 5.91 Å². The van der Waals surface area contributed by atoms with Crippen LogP contribution in [0.2, 0.25) is 0 Å². The van der Waals surface area contributed by atoms with Crippen LogP contribution in [0.25, 0.3) is 0 Å². The molecule has 0 saturated carbocycles. The number of carbonyl (C=O) groups is 1. The molecule has 0 radical (unpaired) electrons. The van der Waals surface area contributed by atoms with E-state index in [9.17, 15) is 13.2 Å². The van der Waals surface area contributed by atoms with Crippen molar-refractivity contribution in [3.8, 4) is 5.75 Å². The van der Waals surface area contributed by atoms with Crippen LogP contribution in [0.15, 0.2) is 59.5 Å². The lowest BCUT2D eigenvalue weighted by molar-refractivity contribution is -0.119. The fraction of sp³-hybridized carbons (Fsp3) is 0.235. The summed E-state index contributed by atoms with van der Waals surface area (Å²) in [6, 6.07) is 15.2. The molecule has 1 amide bonds. The van der Waals surface area contributed by atoms with E-state index in [2.05, 4.69) is 4.72 Å². The van der Waals surface area contributed by atoms with Crippen LogP contribution in [-0.2, 0) is 14.8 Å². The van der Waals surface area contributed by atoms with Crippen molar-refractivity contribution in [3.63, 3.8) is 0 Å². The van der Waals surface area contributed by atoms with Gasteiger partial charge in [-0.25, -0.2) is 13.1 Å². The van der Waals surface area contributed by atoms with E-state index < -0.39 is 15.9 Å². The van der Waals surface area contributed by atoms with E-state index >= 15 is 0 Å². The Morgan fingerprint density at radius 3 is 2.35 bits per heavy atom.